The first-order chi connectivity index (χ1) is 8.27. The van der Waals surface area contributed by atoms with Crippen molar-refractivity contribution < 1.29 is 9.13 Å². The predicted octanol–water partition coefficient (Wildman–Crippen LogP) is 6.08. The van der Waals surface area contributed by atoms with Gasteiger partial charge in [-0.2, -0.15) is 0 Å². The average molecular weight is 308 g/mol. The molecule has 0 fully saturated rings. The third-order valence-electron chi connectivity index (χ3n) is 4.78. The van der Waals surface area contributed by atoms with Crippen LogP contribution in [-0.2, 0) is 9.13 Å². The summed E-state index contributed by atoms with van der Waals surface area (Å²) in [6.45, 7) is 20.2. The van der Waals surface area contributed by atoms with E-state index in [0.29, 0.717) is 0 Å². The third-order valence-corrected chi connectivity index (χ3v) is 16.2. The Hall–Kier alpha value is 0.460. The Balaban J connectivity index is 6.23. The molecule has 0 N–H and O–H groups in total. The zero-order chi connectivity index (χ0) is 15.8. The molecule has 0 spiro atoms. The van der Waals surface area contributed by atoms with E-state index in [2.05, 4.69) is 0 Å². The lowest BCUT2D eigenvalue weighted by atomic mass is 10.5. The van der Waals surface area contributed by atoms with Gasteiger partial charge in [0.25, 0.3) is 0 Å². The SMILES string of the molecule is CC(C)P(=O)(C(C)C)C(C)(C)P(=O)(C(C)C)C(C)C. The highest BCUT2D eigenvalue weighted by atomic mass is 31.2. The molecule has 116 valence electrons. The second-order valence-electron chi connectivity index (χ2n) is 7.29. The van der Waals surface area contributed by atoms with E-state index >= 15 is 0 Å². The monoisotopic (exact) mass is 308 g/mol. The molecule has 0 atom stereocenters. The summed E-state index contributed by atoms with van der Waals surface area (Å²) in [5, 5.41) is 0. The van der Waals surface area contributed by atoms with Gasteiger partial charge in [0, 0.05) is 22.6 Å². The van der Waals surface area contributed by atoms with Crippen molar-refractivity contribution in [2.75, 3.05) is 0 Å². The molecule has 0 heterocycles. The van der Waals surface area contributed by atoms with E-state index in [4.69, 9.17) is 0 Å². The van der Waals surface area contributed by atoms with Crippen molar-refractivity contribution in [1.82, 2.24) is 0 Å². The summed E-state index contributed by atoms with van der Waals surface area (Å²) in [6, 6.07) is 0. The molecule has 4 heteroatoms. The maximum atomic E-state index is 13.7. The fourth-order valence-corrected chi connectivity index (χ4v) is 16.1. The zero-order valence-corrected chi connectivity index (χ0v) is 16.3. The minimum absolute atomic E-state index is 0.0772. The molecule has 0 aromatic rings. The lowest BCUT2D eigenvalue weighted by Crippen LogP contribution is -2.35. The molecule has 0 aliphatic carbocycles. The largest absolute Gasteiger partial charge is 0.322 e. The van der Waals surface area contributed by atoms with Crippen molar-refractivity contribution in [2.24, 2.45) is 0 Å². The topological polar surface area (TPSA) is 34.1 Å². The van der Waals surface area contributed by atoms with Crippen LogP contribution < -0.4 is 0 Å². The quantitative estimate of drug-likeness (QED) is 0.557. The van der Waals surface area contributed by atoms with Gasteiger partial charge in [0.2, 0.25) is 0 Å². The van der Waals surface area contributed by atoms with E-state index in [9.17, 15) is 9.13 Å². The van der Waals surface area contributed by atoms with Crippen LogP contribution in [0, 0.1) is 0 Å². The summed E-state index contributed by atoms with van der Waals surface area (Å²) in [6.07, 6.45) is 0. The van der Waals surface area contributed by atoms with Crippen LogP contribution in [0.3, 0.4) is 0 Å². The first-order valence-corrected chi connectivity index (χ1v) is 11.2. The maximum absolute atomic E-state index is 13.7. The highest BCUT2D eigenvalue weighted by molar-refractivity contribution is 7.84. The molecule has 0 bridgehead atoms. The Morgan fingerprint density at radius 1 is 0.579 bits per heavy atom. The molecule has 2 nitrogen and oxygen atoms in total. The molecule has 0 aliphatic heterocycles. The van der Waals surface area contributed by atoms with Crippen molar-refractivity contribution in [3.05, 3.63) is 0 Å². The van der Waals surface area contributed by atoms with Crippen LogP contribution in [0.25, 0.3) is 0 Å². The molecule has 0 saturated heterocycles. The smallest absolute Gasteiger partial charge is 0.105 e. The van der Waals surface area contributed by atoms with Gasteiger partial charge in [0.05, 0.1) is 4.90 Å². The zero-order valence-electron chi connectivity index (χ0n) is 14.5. The summed E-state index contributed by atoms with van der Waals surface area (Å²) in [4.78, 5) is -0.593. The van der Waals surface area contributed by atoms with E-state index in [1.807, 2.05) is 69.2 Å². The number of rotatable bonds is 6. The molecule has 0 saturated carbocycles. The Kier molecular flexibility index (Phi) is 6.21. The van der Waals surface area contributed by atoms with Crippen LogP contribution >= 0.6 is 14.3 Å². The van der Waals surface area contributed by atoms with Crippen LogP contribution in [0.5, 0.6) is 0 Å². The normalized spacial score (nSPS) is 15.1. The van der Waals surface area contributed by atoms with Crippen LogP contribution in [0.4, 0.5) is 0 Å². The fraction of sp³-hybridized carbons (Fsp3) is 1.00. The molecule has 0 aromatic carbocycles. The Bertz CT molecular complexity index is 333. The van der Waals surface area contributed by atoms with Gasteiger partial charge in [-0.3, -0.25) is 0 Å². The molecule has 0 aromatic heterocycles. The van der Waals surface area contributed by atoms with E-state index in [-0.39, 0.29) is 22.6 Å². The third kappa shape index (κ3) is 2.77. The minimum atomic E-state index is -2.56. The minimum Gasteiger partial charge on any atom is -0.322 e. The highest BCUT2D eigenvalue weighted by Gasteiger charge is 2.57. The van der Waals surface area contributed by atoms with Crippen molar-refractivity contribution in [3.63, 3.8) is 0 Å². The van der Waals surface area contributed by atoms with Gasteiger partial charge in [0.1, 0.15) is 14.3 Å². The molecule has 0 unspecified atom stereocenters. The first-order valence-electron chi connectivity index (χ1n) is 7.46. The highest BCUT2D eigenvalue weighted by Crippen LogP contribution is 2.81. The van der Waals surface area contributed by atoms with Gasteiger partial charge >= 0.3 is 0 Å². The first kappa shape index (κ1) is 19.5. The second kappa shape index (κ2) is 6.07. The summed E-state index contributed by atoms with van der Waals surface area (Å²) < 4.78 is 27.4. The maximum Gasteiger partial charge on any atom is 0.105 e. The molecular formula is C15H34O2P2. The lowest BCUT2D eigenvalue weighted by Gasteiger charge is -2.48. The average Bonchev–Trinajstić information content (AvgIpc) is 2.24. The Morgan fingerprint density at radius 2 is 0.737 bits per heavy atom. The van der Waals surface area contributed by atoms with E-state index in [1.54, 1.807) is 0 Å². The van der Waals surface area contributed by atoms with Crippen molar-refractivity contribution >= 4 is 14.3 Å². The molecule has 0 amide bonds. The van der Waals surface area contributed by atoms with Crippen LogP contribution in [0.2, 0.25) is 0 Å². The van der Waals surface area contributed by atoms with E-state index < -0.39 is 19.2 Å². The van der Waals surface area contributed by atoms with E-state index in [0.717, 1.165) is 0 Å². The number of hydrogen-bond donors (Lipinski definition) is 0. The summed E-state index contributed by atoms with van der Waals surface area (Å²) >= 11 is 0. The van der Waals surface area contributed by atoms with Crippen molar-refractivity contribution in [3.8, 4) is 0 Å². The van der Waals surface area contributed by atoms with Crippen LogP contribution in [0.15, 0.2) is 0 Å². The Labute approximate surface area is 120 Å². The summed E-state index contributed by atoms with van der Waals surface area (Å²) in [5.74, 6) is 0. The van der Waals surface area contributed by atoms with Crippen LogP contribution in [0.1, 0.15) is 69.2 Å². The molecule has 0 radical (unpaired) electrons. The van der Waals surface area contributed by atoms with Crippen molar-refractivity contribution in [1.29, 1.82) is 0 Å². The van der Waals surface area contributed by atoms with Gasteiger partial charge < -0.3 is 9.13 Å². The second-order valence-corrected chi connectivity index (χ2v) is 16.8. The van der Waals surface area contributed by atoms with Gasteiger partial charge in [-0.1, -0.05) is 55.4 Å². The van der Waals surface area contributed by atoms with Gasteiger partial charge in [-0.25, -0.2) is 0 Å². The summed E-state index contributed by atoms with van der Waals surface area (Å²) in [7, 11) is -5.12. The number of hydrogen-bond acceptors (Lipinski definition) is 2. The molecule has 0 aliphatic rings. The molecule has 19 heavy (non-hydrogen) atoms. The molecular weight excluding hydrogens is 274 g/mol. The van der Waals surface area contributed by atoms with Gasteiger partial charge in [-0.15, -0.1) is 0 Å². The van der Waals surface area contributed by atoms with Crippen LogP contribution in [-0.4, -0.2) is 27.5 Å². The Morgan fingerprint density at radius 3 is 0.842 bits per heavy atom. The van der Waals surface area contributed by atoms with E-state index in [1.165, 1.54) is 0 Å². The molecule has 0 rings (SSSR count). The lowest BCUT2D eigenvalue weighted by molar-refractivity contribution is 0.524. The summed E-state index contributed by atoms with van der Waals surface area (Å²) in [5.41, 5.74) is 0.309. The predicted molar refractivity (Wildman–Crippen MR) is 89.8 cm³/mol. The standard InChI is InChI=1S/C15H34O2P2/c1-11(2)18(16,12(3)4)15(9,10)19(17,13(5)6)14(7)8/h11-14H,1-10H3. The van der Waals surface area contributed by atoms with Gasteiger partial charge in [-0.05, 0) is 13.8 Å². The van der Waals surface area contributed by atoms with Crippen molar-refractivity contribution in [2.45, 2.75) is 96.8 Å². The van der Waals surface area contributed by atoms with Gasteiger partial charge in [0.15, 0.2) is 0 Å². The fourth-order valence-electron chi connectivity index (χ4n) is 3.96.